The number of benzene rings is 2. The predicted octanol–water partition coefficient (Wildman–Crippen LogP) is 4.59. The number of thioether (sulfide) groups is 1. The second-order valence-corrected chi connectivity index (χ2v) is 7.61. The highest BCUT2D eigenvalue weighted by Gasteiger charge is 2.35. The first-order chi connectivity index (χ1) is 13.9. The number of nitriles is 1. The van der Waals surface area contributed by atoms with Gasteiger partial charge in [0, 0.05) is 0 Å². The second kappa shape index (κ2) is 8.84. The van der Waals surface area contributed by atoms with Crippen molar-refractivity contribution in [3.8, 4) is 17.6 Å². The van der Waals surface area contributed by atoms with Gasteiger partial charge in [-0.15, -0.1) is 0 Å². The van der Waals surface area contributed by atoms with E-state index in [2.05, 4.69) is 6.07 Å². The van der Waals surface area contributed by atoms with Crippen LogP contribution >= 0.6 is 11.8 Å². The fourth-order valence-corrected chi connectivity index (χ4v) is 3.69. The van der Waals surface area contributed by atoms with Gasteiger partial charge in [0.25, 0.3) is 11.1 Å². The van der Waals surface area contributed by atoms with Crippen molar-refractivity contribution in [3.05, 3.63) is 64.1 Å². The van der Waals surface area contributed by atoms with Crippen LogP contribution in [-0.2, 0) is 11.3 Å². The summed E-state index contributed by atoms with van der Waals surface area (Å²) in [7, 11) is 1.55. The molecular weight excluding hydrogens is 388 g/mol. The molecule has 1 aliphatic rings. The molecule has 0 unspecified atom stereocenters. The lowest BCUT2D eigenvalue weighted by atomic mass is 10.1. The third-order valence-corrected chi connectivity index (χ3v) is 5.10. The van der Waals surface area contributed by atoms with Crippen LogP contribution in [0.5, 0.6) is 11.5 Å². The number of imide groups is 1. The van der Waals surface area contributed by atoms with Crippen LogP contribution in [-0.4, -0.2) is 29.3 Å². The van der Waals surface area contributed by atoms with E-state index < -0.39 is 0 Å². The van der Waals surface area contributed by atoms with Crippen LogP contribution in [0.15, 0.2) is 47.4 Å². The molecule has 0 saturated carbocycles. The molecule has 1 saturated heterocycles. The summed E-state index contributed by atoms with van der Waals surface area (Å²) < 4.78 is 11.1. The number of carbonyl (C=O) groups excluding carboxylic acids is 2. The van der Waals surface area contributed by atoms with Crippen molar-refractivity contribution in [2.45, 2.75) is 26.5 Å². The molecule has 2 aromatic carbocycles. The van der Waals surface area contributed by atoms with Crippen molar-refractivity contribution in [1.82, 2.24) is 4.90 Å². The highest BCUT2D eigenvalue weighted by Crippen LogP contribution is 2.35. The molecule has 1 fully saturated rings. The molecule has 6 nitrogen and oxygen atoms in total. The van der Waals surface area contributed by atoms with E-state index in [0.717, 1.165) is 22.2 Å². The monoisotopic (exact) mass is 408 g/mol. The standard InChI is InChI=1S/C22H20N2O4S/c1-14(2)28-18-9-8-15(10-19(18)27-3)11-20-21(25)24(22(26)29-20)13-17-7-5-4-6-16(17)12-23/h4-11,14H,13H2,1-3H3/b20-11-. The van der Waals surface area contributed by atoms with Crippen molar-refractivity contribution in [2.24, 2.45) is 0 Å². The average molecular weight is 408 g/mol. The van der Waals surface area contributed by atoms with Crippen LogP contribution in [0.4, 0.5) is 4.79 Å². The van der Waals surface area contributed by atoms with Crippen LogP contribution in [0.1, 0.15) is 30.5 Å². The molecule has 0 aromatic heterocycles. The Morgan fingerprint density at radius 3 is 2.62 bits per heavy atom. The fraction of sp³-hybridized carbons (Fsp3) is 0.227. The molecule has 7 heteroatoms. The first-order valence-electron chi connectivity index (χ1n) is 9.01. The first kappa shape index (κ1) is 20.5. The van der Waals surface area contributed by atoms with Gasteiger partial charge in [0.05, 0.1) is 36.3 Å². The predicted molar refractivity (Wildman–Crippen MR) is 111 cm³/mol. The normalized spacial score (nSPS) is 15.1. The molecule has 3 rings (SSSR count). The molecule has 1 aliphatic heterocycles. The Hall–Kier alpha value is -3.24. The lowest BCUT2D eigenvalue weighted by Crippen LogP contribution is -2.27. The number of ether oxygens (including phenoxy) is 2. The highest BCUT2D eigenvalue weighted by molar-refractivity contribution is 8.18. The summed E-state index contributed by atoms with van der Waals surface area (Å²) in [4.78, 5) is 26.6. The van der Waals surface area contributed by atoms with E-state index in [-0.39, 0.29) is 23.8 Å². The van der Waals surface area contributed by atoms with Gasteiger partial charge in [0.15, 0.2) is 11.5 Å². The molecule has 148 valence electrons. The second-order valence-electron chi connectivity index (χ2n) is 6.61. The van der Waals surface area contributed by atoms with E-state index in [1.165, 1.54) is 0 Å². The van der Waals surface area contributed by atoms with Crippen molar-refractivity contribution < 1.29 is 19.1 Å². The summed E-state index contributed by atoms with van der Waals surface area (Å²) >= 11 is 0.881. The summed E-state index contributed by atoms with van der Waals surface area (Å²) in [6.45, 7) is 3.91. The third-order valence-electron chi connectivity index (χ3n) is 4.19. The van der Waals surface area contributed by atoms with Gasteiger partial charge in [-0.2, -0.15) is 5.26 Å². The molecule has 2 amide bonds. The van der Waals surface area contributed by atoms with Crippen LogP contribution in [0.3, 0.4) is 0 Å². The van der Waals surface area contributed by atoms with Crippen molar-refractivity contribution in [3.63, 3.8) is 0 Å². The summed E-state index contributed by atoms with van der Waals surface area (Å²) in [5.41, 5.74) is 1.80. The van der Waals surface area contributed by atoms with E-state index in [1.807, 2.05) is 13.8 Å². The van der Waals surface area contributed by atoms with E-state index in [1.54, 1.807) is 55.7 Å². The van der Waals surface area contributed by atoms with E-state index in [0.29, 0.717) is 27.5 Å². The van der Waals surface area contributed by atoms with E-state index in [9.17, 15) is 14.9 Å². The Bertz CT molecular complexity index is 1020. The maximum atomic E-state index is 12.8. The number of amides is 2. The number of hydrogen-bond donors (Lipinski definition) is 0. The van der Waals surface area contributed by atoms with Crippen LogP contribution in [0.2, 0.25) is 0 Å². The number of hydrogen-bond acceptors (Lipinski definition) is 6. The van der Waals surface area contributed by atoms with Crippen LogP contribution in [0.25, 0.3) is 6.08 Å². The molecule has 0 bridgehead atoms. The summed E-state index contributed by atoms with van der Waals surface area (Å²) in [5.74, 6) is 0.782. The number of rotatable bonds is 6. The quantitative estimate of drug-likeness (QED) is 0.651. The highest BCUT2D eigenvalue weighted by atomic mass is 32.2. The van der Waals surface area contributed by atoms with E-state index >= 15 is 0 Å². The minimum atomic E-state index is -0.380. The number of methoxy groups -OCH3 is 1. The van der Waals surface area contributed by atoms with Gasteiger partial charge in [0.2, 0.25) is 0 Å². The molecule has 0 aliphatic carbocycles. The molecule has 0 atom stereocenters. The minimum Gasteiger partial charge on any atom is -0.493 e. The van der Waals surface area contributed by atoms with Gasteiger partial charge >= 0.3 is 0 Å². The molecule has 2 aromatic rings. The lowest BCUT2D eigenvalue weighted by Gasteiger charge is -2.14. The molecule has 0 spiro atoms. The summed E-state index contributed by atoms with van der Waals surface area (Å²) in [6.07, 6.45) is 1.66. The molecule has 1 heterocycles. The maximum Gasteiger partial charge on any atom is 0.293 e. The lowest BCUT2D eigenvalue weighted by molar-refractivity contribution is -0.123. The third kappa shape index (κ3) is 4.61. The Morgan fingerprint density at radius 1 is 1.17 bits per heavy atom. The van der Waals surface area contributed by atoms with Gasteiger partial charge < -0.3 is 9.47 Å². The topological polar surface area (TPSA) is 79.6 Å². The van der Waals surface area contributed by atoms with Gasteiger partial charge in [0.1, 0.15) is 0 Å². The van der Waals surface area contributed by atoms with Gasteiger partial charge in [-0.25, -0.2) is 0 Å². The smallest absolute Gasteiger partial charge is 0.293 e. The Balaban J connectivity index is 1.84. The average Bonchev–Trinajstić information content (AvgIpc) is 2.96. The number of carbonyl (C=O) groups is 2. The van der Waals surface area contributed by atoms with Crippen LogP contribution in [0, 0.1) is 11.3 Å². The van der Waals surface area contributed by atoms with E-state index in [4.69, 9.17) is 9.47 Å². The zero-order valence-corrected chi connectivity index (χ0v) is 17.2. The molecule has 29 heavy (non-hydrogen) atoms. The van der Waals surface area contributed by atoms with Crippen LogP contribution < -0.4 is 9.47 Å². The summed E-state index contributed by atoms with van der Waals surface area (Å²) in [6, 6.07) is 14.4. The maximum absolute atomic E-state index is 12.8. The number of nitrogens with zero attached hydrogens (tertiary/aromatic N) is 2. The molecule has 0 N–H and O–H groups in total. The van der Waals surface area contributed by atoms with Gasteiger partial charge in [-0.05, 0) is 61.0 Å². The minimum absolute atomic E-state index is 0.00235. The van der Waals surface area contributed by atoms with Crippen molar-refractivity contribution in [2.75, 3.05) is 7.11 Å². The molecular formula is C22H20N2O4S. The first-order valence-corrected chi connectivity index (χ1v) is 9.82. The zero-order chi connectivity index (χ0) is 21.0. The Labute approximate surface area is 173 Å². The molecule has 0 radical (unpaired) electrons. The zero-order valence-electron chi connectivity index (χ0n) is 16.3. The Kier molecular flexibility index (Phi) is 6.25. The van der Waals surface area contributed by atoms with Gasteiger partial charge in [-0.1, -0.05) is 24.3 Å². The SMILES string of the molecule is COc1cc(/C=C2\SC(=O)N(Cc3ccccc3C#N)C2=O)ccc1OC(C)C. The van der Waals surface area contributed by atoms with Crippen molar-refractivity contribution in [1.29, 1.82) is 5.26 Å². The Morgan fingerprint density at radius 2 is 1.93 bits per heavy atom. The largest absolute Gasteiger partial charge is 0.493 e. The fourth-order valence-electron chi connectivity index (χ4n) is 2.85. The van der Waals surface area contributed by atoms with Gasteiger partial charge in [-0.3, -0.25) is 14.5 Å². The van der Waals surface area contributed by atoms with Crippen molar-refractivity contribution >= 4 is 29.0 Å². The summed E-state index contributed by atoms with van der Waals surface area (Å²) in [5, 5.41) is 8.86.